The van der Waals surface area contributed by atoms with E-state index in [1.54, 1.807) is 0 Å². The van der Waals surface area contributed by atoms with Gasteiger partial charge in [-0.15, -0.1) is 11.3 Å². The van der Waals surface area contributed by atoms with Crippen LogP contribution in [0.5, 0.6) is 0 Å². The zero-order chi connectivity index (χ0) is 20.5. The number of rotatable bonds is 4. The van der Waals surface area contributed by atoms with Crippen molar-refractivity contribution in [1.82, 2.24) is 4.90 Å². The lowest BCUT2D eigenvalue weighted by molar-refractivity contribution is -0.117. The highest BCUT2D eigenvalue weighted by Crippen LogP contribution is 2.42. The fourth-order valence-electron chi connectivity index (χ4n) is 4.65. The van der Waals surface area contributed by atoms with Crippen molar-refractivity contribution in [1.29, 1.82) is 0 Å². The molecule has 0 spiro atoms. The van der Waals surface area contributed by atoms with E-state index in [0.717, 1.165) is 68.5 Å². The first-order valence-corrected chi connectivity index (χ1v) is 11.9. The maximum absolute atomic E-state index is 13.2. The SMILES string of the molecule is Cc1ccc(C2=NCC(=O)N(CCN3CCOCC3)c3sc4c(c32)CCCC4)cc1. The first-order chi connectivity index (χ1) is 14.7. The highest BCUT2D eigenvalue weighted by Gasteiger charge is 2.32. The Hall–Kier alpha value is -2.02. The third-order valence-electron chi connectivity index (χ3n) is 6.38. The normalized spacial score (nSPS) is 19.8. The molecule has 0 radical (unpaired) electrons. The molecule has 2 aliphatic heterocycles. The summed E-state index contributed by atoms with van der Waals surface area (Å²) < 4.78 is 5.48. The van der Waals surface area contributed by atoms with Gasteiger partial charge in [-0.2, -0.15) is 0 Å². The Morgan fingerprint density at radius 1 is 1.07 bits per heavy atom. The lowest BCUT2D eigenvalue weighted by Gasteiger charge is -2.29. The maximum atomic E-state index is 13.2. The van der Waals surface area contributed by atoms with Crippen molar-refractivity contribution in [3.63, 3.8) is 0 Å². The Morgan fingerprint density at radius 3 is 2.63 bits per heavy atom. The third-order valence-corrected chi connectivity index (χ3v) is 7.69. The maximum Gasteiger partial charge on any atom is 0.249 e. The molecule has 0 unspecified atom stereocenters. The largest absolute Gasteiger partial charge is 0.379 e. The van der Waals surface area contributed by atoms with Crippen molar-refractivity contribution in [3.8, 4) is 0 Å². The average Bonchev–Trinajstić information content (AvgIpc) is 3.09. The van der Waals surface area contributed by atoms with E-state index in [4.69, 9.17) is 9.73 Å². The average molecular weight is 424 g/mol. The standard InChI is InChI=1S/C24H29N3O2S/c1-17-6-8-18(9-7-17)23-22-19-4-2-3-5-20(19)30-24(22)27(21(28)16-25-23)11-10-26-12-14-29-15-13-26/h6-9H,2-5,10-16H2,1H3. The molecule has 1 aliphatic carbocycles. The zero-order valence-corrected chi connectivity index (χ0v) is 18.5. The van der Waals surface area contributed by atoms with Crippen LogP contribution in [0.15, 0.2) is 29.3 Å². The molecular weight excluding hydrogens is 394 g/mol. The summed E-state index contributed by atoms with van der Waals surface area (Å²) in [5, 5.41) is 1.12. The number of morpholine rings is 1. The van der Waals surface area contributed by atoms with E-state index in [1.807, 2.05) is 16.2 Å². The first-order valence-electron chi connectivity index (χ1n) is 11.1. The van der Waals surface area contributed by atoms with Gasteiger partial charge in [0.25, 0.3) is 0 Å². The topological polar surface area (TPSA) is 45.1 Å². The summed E-state index contributed by atoms with van der Waals surface area (Å²) in [7, 11) is 0. The van der Waals surface area contributed by atoms with Gasteiger partial charge in [-0.05, 0) is 38.2 Å². The number of hydrogen-bond acceptors (Lipinski definition) is 5. The summed E-state index contributed by atoms with van der Waals surface area (Å²) in [5.74, 6) is 0.116. The van der Waals surface area contributed by atoms with Gasteiger partial charge in [0.15, 0.2) is 0 Å². The van der Waals surface area contributed by atoms with Crippen molar-refractivity contribution in [2.24, 2.45) is 4.99 Å². The molecule has 0 saturated carbocycles. The molecule has 0 bridgehead atoms. The molecule has 2 aromatic rings. The fourth-order valence-corrected chi connectivity index (χ4v) is 6.08. The predicted molar refractivity (Wildman–Crippen MR) is 122 cm³/mol. The highest BCUT2D eigenvalue weighted by molar-refractivity contribution is 7.17. The van der Waals surface area contributed by atoms with Crippen LogP contribution in [-0.2, 0) is 22.4 Å². The predicted octanol–water partition coefficient (Wildman–Crippen LogP) is 3.45. The number of thiophene rings is 1. The number of aryl methyl sites for hydroxylation is 2. The zero-order valence-electron chi connectivity index (χ0n) is 17.7. The van der Waals surface area contributed by atoms with Crippen LogP contribution in [-0.4, -0.2) is 62.5 Å². The molecule has 3 heterocycles. The second-order valence-electron chi connectivity index (χ2n) is 8.42. The molecule has 5 rings (SSSR count). The van der Waals surface area contributed by atoms with Gasteiger partial charge in [-0.25, -0.2) is 0 Å². The monoisotopic (exact) mass is 423 g/mol. The minimum atomic E-state index is 0.116. The van der Waals surface area contributed by atoms with Crippen molar-refractivity contribution in [2.45, 2.75) is 32.6 Å². The van der Waals surface area contributed by atoms with Gasteiger partial charge in [-0.3, -0.25) is 14.7 Å². The minimum absolute atomic E-state index is 0.116. The number of aliphatic imine (C=N–C) groups is 1. The molecule has 0 atom stereocenters. The van der Waals surface area contributed by atoms with Crippen LogP contribution in [0.1, 0.15) is 40.0 Å². The Kier molecular flexibility index (Phi) is 5.72. The van der Waals surface area contributed by atoms with E-state index in [-0.39, 0.29) is 12.5 Å². The van der Waals surface area contributed by atoms with Crippen LogP contribution in [0.25, 0.3) is 0 Å². The second kappa shape index (κ2) is 8.61. The smallest absolute Gasteiger partial charge is 0.249 e. The minimum Gasteiger partial charge on any atom is -0.379 e. The molecule has 30 heavy (non-hydrogen) atoms. The molecule has 158 valence electrons. The summed E-state index contributed by atoms with van der Waals surface area (Å²) in [6.45, 7) is 7.40. The van der Waals surface area contributed by atoms with E-state index in [2.05, 4.69) is 36.1 Å². The van der Waals surface area contributed by atoms with Crippen LogP contribution in [0.4, 0.5) is 5.00 Å². The van der Waals surface area contributed by atoms with Gasteiger partial charge < -0.3 is 9.64 Å². The number of amides is 1. The van der Waals surface area contributed by atoms with E-state index in [9.17, 15) is 4.79 Å². The molecule has 1 saturated heterocycles. The first kappa shape index (κ1) is 19.9. The van der Waals surface area contributed by atoms with Gasteiger partial charge in [0.2, 0.25) is 5.91 Å². The number of carbonyl (C=O) groups is 1. The summed E-state index contributed by atoms with van der Waals surface area (Å²) in [4.78, 5) is 23.9. The Labute approximate surface area is 182 Å². The van der Waals surface area contributed by atoms with Gasteiger partial charge >= 0.3 is 0 Å². The molecule has 1 aromatic heterocycles. The molecule has 3 aliphatic rings. The molecule has 1 aromatic carbocycles. The Bertz CT molecular complexity index is 958. The van der Waals surface area contributed by atoms with Gasteiger partial charge in [0.05, 0.1) is 18.9 Å². The summed E-state index contributed by atoms with van der Waals surface area (Å²) in [6, 6.07) is 8.58. The van der Waals surface area contributed by atoms with Crippen LogP contribution in [0.3, 0.4) is 0 Å². The number of hydrogen-bond donors (Lipinski definition) is 0. The number of ether oxygens (including phenoxy) is 1. The summed E-state index contributed by atoms with van der Waals surface area (Å²) in [5.41, 5.74) is 6.03. The molecule has 1 amide bonds. The van der Waals surface area contributed by atoms with Crippen molar-refractivity contribution in [3.05, 3.63) is 51.4 Å². The summed E-state index contributed by atoms with van der Waals surface area (Å²) in [6.07, 6.45) is 4.68. The van der Waals surface area contributed by atoms with Crippen molar-refractivity contribution < 1.29 is 9.53 Å². The van der Waals surface area contributed by atoms with Gasteiger partial charge in [0, 0.05) is 42.2 Å². The van der Waals surface area contributed by atoms with E-state index < -0.39 is 0 Å². The number of nitrogens with zero attached hydrogens (tertiary/aromatic N) is 3. The highest BCUT2D eigenvalue weighted by atomic mass is 32.1. The molecule has 1 fully saturated rings. The third kappa shape index (κ3) is 3.84. The lowest BCUT2D eigenvalue weighted by Crippen LogP contribution is -2.43. The molecule has 6 heteroatoms. The van der Waals surface area contributed by atoms with Crippen molar-refractivity contribution in [2.75, 3.05) is 50.8 Å². The Morgan fingerprint density at radius 2 is 1.83 bits per heavy atom. The number of benzene rings is 1. The van der Waals surface area contributed by atoms with Crippen LogP contribution in [0.2, 0.25) is 0 Å². The van der Waals surface area contributed by atoms with E-state index in [0.29, 0.717) is 0 Å². The molecular formula is C24H29N3O2S. The van der Waals surface area contributed by atoms with Gasteiger partial charge in [-0.1, -0.05) is 29.8 Å². The number of fused-ring (bicyclic) bond motifs is 3. The van der Waals surface area contributed by atoms with Crippen LogP contribution in [0, 0.1) is 6.92 Å². The lowest BCUT2D eigenvalue weighted by atomic mass is 9.91. The van der Waals surface area contributed by atoms with Crippen LogP contribution >= 0.6 is 11.3 Å². The number of anilines is 1. The van der Waals surface area contributed by atoms with Crippen LogP contribution < -0.4 is 4.90 Å². The van der Waals surface area contributed by atoms with Gasteiger partial charge in [0.1, 0.15) is 11.5 Å². The number of carbonyl (C=O) groups excluding carboxylic acids is 1. The fraction of sp³-hybridized carbons (Fsp3) is 0.500. The Balaban J connectivity index is 1.53. The van der Waals surface area contributed by atoms with E-state index in [1.165, 1.54) is 34.4 Å². The van der Waals surface area contributed by atoms with E-state index >= 15 is 0 Å². The molecule has 5 nitrogen and oxygen atoms in total. The summed E-state index contributed by atoms with van der Waals surface area (Å²) >= 11 is 1.83. The molecule has 0 N–H and O–H groups in total. The van der Waals surface area contributed by atoms with Crippen molar-refractivity contribution >= 4 is 28.0 Å². The second-order valence-corrected chi connectivity index (χ2v) is 9.50. The quantitative estimate of drug-likeness (QED) is 0.757.